The van der Waals surface area contributed by atoms with Crippen molar-refractivity contribution in [2.45, 2.75) is 84.6 Å². The third kappa shape index (κ3) is 3.66. The van der Waals surface area contributed by atoms with Crippen LogP contribution in [0.4, 0.5) is 0 Å². The largest absolute Gasteiger partial charge is 0.353 e. The van der Waals surface area contributed by atoms with Gasteiger partial charge in [0.2, 0.25) is 11.8 Å². The highest BCUT2D eigenvalue weighted by atomic mass is 16.2. The van der Waals surface area contributed by atoms with Crippen LogP contribution in [0, 0.1) is 28.6 Å². The van der Waals surface area contributed by atoms with Crippen molar-refractivity contribution in [3.63, 3.8) is 0 Å². The third-order valence-electron chi connectivity index (χ3n) is 7.56. The summed E-state index contributed by atoms with van der Waals surface area (Å²) in [6.07, 6.45) is 10.8. The molecule has 5 aliphatic rings. The van der Waals surface area contributed by atoms with Crippen LogP contribution >= 0.6 is 0 Å². The molecule has 5 rings (SSSR count). The zero-order valence-electron chi connectivity index (χ0n) is 16.9. The zero-order valence-corrected chi connectivity index (χ0v) is 16.9. The van der Waals surface area contributed by atoms with E-state index in [1.54, 1.807) is 0 Å². The Balaban J connectivity index is 1.29. The van der Waals surface area contributed by atoms with Gasteiger partial charge in [0.25, 0.3) is 0 Å². The molecule has 1 heterocycles. The molecule has 0 spiro atoms. The molecule has 4 aliphatic carbocycles. The Kier molecular flexibility index (Phi) is 4.60. The minimum atomic E-state index is -0.342. The molecule has 4 bridgehead atoms. The van der Waals surface area contributed by atoms with Crippen molar-refractivity contribution < 1.29 is 9.59 Å². The molecule has 1 aliphatic heterocycles. The molecule has 0 aromatic carbocycles. The molecule has 26 heavy (non-hydrogen) atoms. The Labute approximate surface area is 158 Å². The van der Waals surface area contributed by atoms with Gasteiger partial charge in [0.05, 0.1) is 0 Å². The number of likely N-dealkylation sites (tertiary alicyclic amines) is 1. The van der Waals surface area contributed by atoms with Crippen LogP contribution in [0.2, 0.25) is 0 Å². The smallest absolute Gasteiger partial charge is 0.225 e. The first kappa shape index (κ1) is 18.3. The van der Waals surface area contributed by atoms with Crippen molar-refractivity contribution in [1.29, 1.82) is 0 Å². The Hall–Kier alpha value is -1.06. The second-order valence-corrected chi connectivity index (χ2v) is 11.0. The SMILES string of the molecule is CC(C)(C)C(=O)NC1CCN(C(=O)CC23CC4CC(CC(C4)C2)C3)CC1. The van der Waals surface area contributed by atoms with Crippen LogP contribution in [0.25, 0.3) is 0 Å². The number of nitrogens with zero attached hydrogens (tertiary/aromatic N) is 1. The topological polar surface area (TPSA) is 49.4 Å². The van der Waals surface area contributed by atoms with Crippen molar-refractivity contribution in [3.05, 3.63) is 0 Å². The van der Waals surface area contributed by atoms with Gasteiger partial charge in [0, 0.05) is 31.0 Å². The van der Waals surface area contributed by atoms with Gasteiger partial charge in [-0.15, -0.1) is 0 Å². The molecule has 4 nitrogen and oxygen atoms in total. The van der Waals surface area contributed by atoms with E-state index in [-0.39, 0.29) is 17.4 Å². The summed E-state index contributed by atoms with van der Waals surface area (Å²) < 4.78 is 0. The van der Waals surface area contributed by atoms with Crippen LogP contribution in [0.15, 0.2) is 0 Å². The molecule has 4 heteroatoms. The number of hydrogen-bond donors (Lipinski definition) is 1. The highest BCUT2D eigenvalue weighted by Crippen LogP contribution is 2.61. The van der Waals surface area contributed by atoms with Crippen molar-refractivity contribution in [1.82, 2.24) is 10.2 Å². The summed E-state index contributed by atoms with van der Waals surface area (Å²) in [6, 6.07) is 0.227. The molecule has 0 unspecified atom stereocenters. The monoisotopic (exact) mass is 360 g/mol. The average molecular weight is 361 g/mol. The normalized spacial score (nSPS) is 37.0. The van der Waals surface area contributed by atoms with Gasteiger partial charge < -0.3 is 10.2 Å². The third-order valence-corrected chi connectivity index (χ3v) is 7.56. The summed E-state index contributed by atoms with van der Waals surface area (Å²) in [5.41, 5.74) is -0.00536. The Morgan fingerprint density at radius 3 is 1.92 bits per heavy atom. The number of amides is 2. The van der Waals surface area contributed by atoms with Gasteiger partial charge in [0.1, 0.15) is 0 Å². The zero-order chi connectivity index (χ0) is 18.5. The first-order chi connectivity index (χ1) is 12.2. The number of hydrogen-bond acceptors (Lipinski definition) is 2. The first-order valence-electron chi connectivity index (χ1n) is 10.8. The van der Waals surface area contributed by atoms with E-state index in [2.05, 4.69) is 10.2 Å². The maximum Gasteiger partial charge on any atom is 0.225 e. The Morgan fingerprint density at radius 1 is 0.962 bits per heavy atom. The lowest BCUT2D eigenvalue weighted by molar-refractivity contribution is -0.140. The molecule has 2 amide bonds. The van der Waals surface area contributed by atoms with E-state index in [1.807, 2.05) is 20.8 Å². The van der Waals surface area contributed by atoms with Gasteiger partial charge in [-0.1, -0.05) is 20.8 Å². The number of carbonyl (C=O) groups excluding carboxylic acids is 2. The minimum Gasteiger partial charge on any atom is -0.353 e. The van der Waals surface area contributed by atoms with Gasteiger partial charge in [-0.25, -0.2) is 0 Å². The van der Waals surface area contributed by atoms with E-state index in [4.69, 9.17) is 0 Å². The molecule has 146 valence electrons. The second kappa shape index (κ2) is 6.53. The highest BCUT2D eigenvalue weighted by molar-refractivity contribution is 5.81. The van der Waals surface area contributed by atoms with Gasteiger partial charge in [-0.3, -0.25) is 9.59 Å². The van der Waals surface area contributed by atoms with Gasteiger partial charge in [0.15, 0.2) is 0 Å². The van der Waals surface area contributed by atoms with Crippen LogP contribution in [-0.2, 0) is 9.59 Å². The fraction of sp³-hybridized carbons (Fsp3) is 0.909. The van der Waals surface area contributed by atoms with Crippen molar-refractivity contribution in [3.8, 4) is 0 Å². The molecule has 1 N–H and O–H groups in total. The van der Waals surface area contributed by atoms with E-state index >= 15 is 0 Å². The number of piperidine rings is 1. The first-order valence-corrected chi connectivity index (χ1v) is 10.8. The summed E-state index contributed by atoms with van der Waals surface area (Å²) >= 11 is 0. The fourth-order valence-electron chi connectivity index (χ4n) is 6.61. The fourth-order valence-corrected chi connectivity index (χ4v) is 6.61. The van der Waals surface area contributed by atoms with Gasteiger partial charge >= 0.3 is 0 Å². The van der Waals surface area contributed by atoms with Crippen LogP contribution in [-0.4, -0.2) is 35.8 Å². The lowest BCUT2D eigenvalue weighted by Gasteiger charge is -2.57. The Bertz CT molecular complexity index is 534. The predicted octanol–water partition coefficient (Wildman–Crippen LogP) is 3.75. The van der Waals surface area contributed by atoms with Crippen LogP contribution < -0.4 is 5.32 Å². The molecule has 0 aromatic heterocycles. The molecular formula is C22H36N2O2. The van der Waals surface area contributed by atoms with Crippen LogP contribution in [0.3, 0.4) is 0 Å². The highest BCUT2D eigenvalue weighted by Gasteiger charge is 2.51. The molecule has 0 atom stereocenters. The van der Waals surface area contributed by atoms with E-state index < -0.39 is 0 Å². The number of carbonyl (C=O) groups is 2. The van der Waals surface area contributed by atoms with Crippen LogP contribution in [0.1, 0.15) is 78.6 Å². The summed E-state index contributed by atoms with van der Waals surface area (Å²) in [7, 11) is 0. The molecule has 4 saturated carbocycles. The quantitative estimate of drug-likeness (QED) is 0.833. The van der Waals surface area contributed by atoms with E-state index in [0.717, 1.165) is 50.1 Å². The maximum atomic E-state index is 13.0. The summed E-state index contributed by atoms with van der Waals surface area (Å²) in [5, 5.41) is 3.17. The van der Waals surface area contributed by atoms with E-state index in [1.165, 1.54) is 38.5 Å². The van der Waals surface area contributed by atoms with E-state index in [0.29, 0.717) is 11.3 Å². The van der Waals surface area contributed by atoms with Crippen molar-refractivity contribution in [2.24, 2.45) is 28.6 Å². The molecule has 0 aromatic rings. The number of nitrogens with one attached hydrogen (secondary N) is 1. The molecule has 5 fully saturated rings. The maximum absolute atomic E-state index is 13.0. The lowest BCUT2D eigenvalue weighted by atomic mass is 9.49. The molecular weight excluding hydrogens is 324 g/mol. The number of rotatable bonds is 3. The minimum absolute atomic E-state index is 0.121. The van der Waals surface area contributed by atoms with Crippen molar-refractivity contribution in [2.75, 3.05) is 13.1 Å². The van der Waals surface area contributed by atoms with Gasteiger partial charge in [-0.05, 0) is 74.5 Å². The van der Waals surface area contributed by atoms with E-state index in [9.17, 15) is 9.59 Å². The Morgan fingerprint density at radius 2 is 1.46 bits per heavy atom. The summed E-state index contributed by atoms with van der Waals surface area (Å²) in [6.45, 7) is 7.46. The van der Waals surface area contributed by atoms with Crippen LogP contribution in [0.5, 0.6) is 0 Å². The standard InChI is InChI=1S/C22H36N2O2/c1-21(2,3)20(26)23-18-4-6-24(7-5-18)19(25)14-22-11-15-8-16(12-22)10-17(9-15)13-22/h15-18H,4-14H2,1-3H3,(H,23,26). The summed E-state index contributed by atoms with van der Waals surface area (Å²) in [5.74, 6) is 3.23. The molecule has 1 saturated heterocycles. The summed E-state index contributed by atoms with van der Waals surface area (Å²) in [4.78, 5) is 27.3. The lowest BCUT2D eigenvalue weighted by Crippen LogP contribution is -2.51. The second-order valence-electron chi connectivity index (χ2n) is 11.0. The average Bonchev–Trinajstić information content (AvgIpc) is 2.52. The molecule has 0 radical (unpaired) electrons. The predicted molar refractivity (Wildman–Crippen MR) is 102 cm³/mol. The van der Waals surface area contributed by atoms with Crippen molar-refractivity contribution >= 4 is 11.8 Å². The van der Waals surface area contributed by atoms with Gasteiger partial charge in [-0.2, -0.15) is 0 Å².